The number of nitrogens with two attached hydrogens (primary N) is 1. The molecular formula is C16H22N4. The smallest absolute Gasteiger partial charge is 0.167 e. The molecule has 1 atom stereocenters. The maximum atomic E-state index is 6.21. The molecule has 3 N–H and O–H groups in total. The van der Waals surface area contributed by atoms with Crippen molar-refractivity contribution in [3.63, 3.8) is 0 Å². The normalized spacial score (nSPS) is 17.4. The van der Waals surface area contributed by atoms with Crippen molar-refractivity contribution in [2.75, 3.05) is 0 Å². The molecule has 106 valence electrons. The highest BCUT2D eigenvalue weighted by molar-refractivity contribution is 5.15. The van der Waals surface area contributed by atoms with E-state index in [4.69, 9.17) is 5.73 Å². The van der Waals surface area contributed by atoms with Crippen molar-refractivity contribution >= 4 is 0 Å². The highest BCUT2D eigenvalue weighted by Crippen LogP contribution is 2.32. The molecule has 2 aromatic rings. The number of rotatable bonds is 5. The van der Waals surface area contributed by atoms with Crippen LogP contribution in [0.5, 0.6) is 0 Å². The zero-order valence-corrected chi connectivity index (χ0v) is 11.8. The fourth-order valence-corrected chi connectivity index (χ4v) is 2.93. The molecule has 0 amide bonds. The summed E-state index contributed by atoms with van der Waals surface area (Å²) in [6, 6.07) is 10.3. The molecule has 0 aliphatic heterocycles. The number of nitrogens with zero attached hydrogens (tertiary/aromatic N) is 2. The molecule has 1 aromatic heterocycles. The van der Waals surface area contributed by atoms with E-state index >= 15 is 0 Å². The summed E-state index contributed by atoms with van der Waals surface area (Å²) in [5, 5.41) is 7.40. The van der Waals surface area contributed by atoms with Crippen LogP contribution in [-0.4, -0.2) is 15.2 Å². The Hall–Kier alpha value is -1.68. The summed E-state index contributed by atoms with van der Waals surface area (Å²) in [5.74, 6) is 2.37. The average molecular weight is 270 g/mol. The highest BCUT2D eigenvalue weighted by Gasteiger charge is 2.22. The van der Waals surface area contributed by atoms with Gasteiger partial charge < -0.3 is 5.73 Å². The van der Waals surface area contributed by atoms with E-state index in [1.54, 1.807) is 0 Å². The van der Waals surface area contributed by atoms with Crippen LogP contribution in [-0.2, 0) is 6.42 Å². The predicted molar refractivity (Wildman–Crippen MR) is 79.3 cm³/mol. The van der Waals surface area contributed by atoms with E-state index in [0.29, 0.717) is 5.92 Å². The topological polar surface area (TPSA) is 67.6 Å². The largest absolute Gasteiger partial charge is 0.321 e. The SMILES string of the molecule is N[C@@H](CCc1ccccc1)c1n[nH]c(C2CCCC2)n1. The van der Waals surface area contributed by atoms with E-state index in [-0.39, 0.29) is 6.04 Å². The van der Waals surface area contributed by atoms with Gasteiger partial charge in [0, 0.05) is 5.92 Å². The van der Waals surface area contributed by atoms with Crippen LogP contribution >= 0.6 is 0 Å². The summed E-state index contributed by atoms with van der Waals surface area (Å²) < 4.78 is 0. The fourth-order valence-electron chi connectivity index (χ4n) is 2.93. The Bertz CT molecular complexity index is 528. The van der Waals surface area contributed by atoms with Crippen LogP contribution in [0.25, 0.3) is 0 Å². The lowest BCUT2D eigenvalue weighted by molar-refractivity contribution is 0.612. The molecule has 4 nitrogen and oxygen atoms in total. The molecular weight excluding hydrogens is 248 g/mol. The third kappa shape index (κ3) is 3.07. The molecule has 0 radical (unpaired) electrons. The van der Waals surface area contributed by atoms with Crippen LogP contribution in [0.4, 0.5) is 0 Å². The number of hydrogen-bond acceptors (Lipinski definition) is 3. The average Bonchev–Trinajstić information content (AvgIpc) is 3.16. The number of benzene rings is 1. The molecule has 3 rings (SSSR count). The molecule has 0 saturated heterocycles. The number of aryl methyl sites for hydroxylation is 1. The first-order chi connectivity index (χ1) is 9.83. The van der Waals surface area contributed by atoms with Crippen molar-refractivity contribution in [2.45, 2.75) is 50.5 Å². The molecule has 1 saturated carbocycles. The van der Waals surface area contributed by atoms with Gasteiger partial charge in [-0.3, -0.25) is 5.10 Å². The summed E-state index contributed by atoms with van der Waals surface area (Å²) in [5.41, 5.74) is 7.52. The van der Waals surface area contributed by atoms with Crippen molar-refractivity contribution in [1.82, 2.24) is 15.2 Å². The van der Waals surface area contributed by atoms with Gasteiger partial charge in [-0.05, 0) is 31.2 Å². The van der Waals surface area contributed by atoms with E-state index in [9.17, 15) is 0 Å². The van der Waals surface area contributed by atoms with Gasteiger partial charge in [0.2, 0.25) is 0 Å². The standard InChI is InChI=1S/C16H22N4/c17-14(11-10-12-6-2-1-3-7-12)16-18-15(19-20-16)13-8-4-5-9-13/h1-3,6-7,13-14H,4-5,8-11,17H2,(H,18,19,20)/t14-/m0/s1. The van der Waals surface area contributed by atoms with Gasteiger partial charge in [0.25, 0.3) is 0 Å². The number of hydrogen-bond donors (Lipinski definition) is 2. The minimum atomic E-state index is -0.0818. The Morgan fingerprint density at radius 3 is 2.70 bits per heavy atom. The van der Waals surface area contributed by atoms with Crippen molar-refractivity contribution in [2.24, 2.45) is 5.73 Å². The molecule has 0 spiro atoms. The summed E-state index contributed by atoms with van der Waals surface area (Å²) >= 11 is 0. The van der Waals surface area contributed by atoms with Gasteiger partial charge in [0.1, 0.15) is 5.82 Å². The van der Waals surface area contributed by atoms with Crippen molar-refractivity contribution < 1.29 is 0 Å². The lowest BCUT2D eigenvalue weighted by Crippen LogP contribution is -2.13. The Morgan fingerprint density at radius 2 is 1.95 bits per heavy atom. The van der Waals surface area contributed by atoms with Crippen LogP contribution in [0.2, 0.25) is 0 Å². The summed E-state index contributed by atoms with van der Waals surface area (Å²) in [6.07, 6.45) is 6.92. The van der Waals surface area contributed by atoms with E-state index in [2.05, 4.69) is 39.4 Å². The van der Waals surface area contributed by atoms with Crippen LogP contribution in [0.3, 0.4) is 0 Å². The van der Waals surface area contributed by atoms with Crippen molar-refractivity contribution in [3.05, 3.63) is 47.5 Å². The molecule has 1 heterocycles. The monoisotopic (exact) mass is 270 g/mol. The van der Waals surface area contributed by atoms with E-state index in [1.807, 2.05) is 6.07 Å². The van der Waals surface area contributed by atoms with Gasteiger partial charge in [-0.15, -0.1) is 0 Å². The first kappa shape index (κ1) is 13.3. The Morgan fingerprint density at radius 1 is 1.20 bits per heavy atom. The predicted octanol–water partition coefficient (Wildman–Crippen LogP) is 3.09. The molecule has 4 heteroatoms. The number of aromatic amines is 1. The second-order valence-corrected chi connectivity index (χ2v) is 5.69. The number of aromatic nitrogens is 3. The summed E-state index contributed by atoms with van der Waals surface area (Å²) in [6.45, 7) is 0. The maximum Gasteiger partial charge on any atom is 0.167 e. The molecule has 0 unspecified atom stereocenters. The van der Waals surface area contributed by atoms with Crippen LogP contribution in [0, 0.1) is 0 Å². The second kappa shape index (κ2) is 6.18. The zero-order chi connectivity index (χ0) is 13.8. The minimum absolute atomic E-state index is 0.0818. The van der Waals surface area contributed by atoms with Crippen molar-refractivity contribution in [3.8, 4) is 0 Å². The van der Waals surface area contributed by atoms with Crippen molar-refractivity contribution in [1.29, 1.82) is 0 Å². The Kier molecular flexibility index (Phi) is 4.11. The van der Waals surface area contributed by atoms with Gasteiger partial charge in [-0.25, -0.2) is 4.98 Å². The summed E-state index contributed by atoms with van der Waals surface area (Å²) in [4.78, 5) is 4.61. The van der Waals surface area contributed by atoms with Gasteiger partial charge in [-0.2, -0.15) is 5.10 Å². The second-order valence-electron chi connectivity index (χ2n) is 5.69. The Labute approximate surface area is 119 Å². The van der Waals surface area contributed by atoms with Crippen LogP contribution in [0.1, 0.15) is 61.3 Å². The van der Waals surface area contributed by atoms with Crippen LogP contribution in [0.15, 0.2) is 30.3 Å². The quantitative estimate of drug-likeness (QED) is 0.877. The van der Waals surface area contributed by atoms with Gasteiger partial charge in [-0.1, -0.05) is 43.2 Å². The van der Waals surface area contributed by atoms with Gasteiger partial charge >= 0.3 is 0 Å². The maximum absolute atomic E-state index is 6.21. The highest BCUT2D eigenvalue weighted by atomic mass is 15.2. The number of H-pyrrole nitrogens is 1. The first-order valence-electron chi connectivity index (χ1n) is 7.54. The fraction of sp³-hybridized carbons (Fsp3) is 0.500. The van der Waals surface area contributed by atoms with E-state index in [1.165, 1.54) is 31.2 Å². The number of nitrogens with one attached hydrogen (secondary N) is 1. The molecule has 1 aliphatic rings. The van der Waals surface area contributed by atoms with Crippen LogP contribution < -0.4 is 5.73 Å². The summed E-state index contributed by atoms with van der Waals surface area (Å²) in [7, 11) is 0. The van der Waals surface area contributed by atoms with Gasteiger partial charge in [0.15, 0.2) is 5.82 Å². The molecule has 1 fully saturated rings. The van der Waals surface area contributed by atoms with E-state index in [0.717, 1.165) is 24.5 Å². The first-order valence-corrected chi connectivity index (χ1v) is 7.54. The lowest BCUT2D eigenvalue weighted by atomic mass is 10.1. The molecule has 20 heavy (non-hydrogen) atoms. The minimum Gasteiger partial charge on any atom is -0.321 e. The zero-order valence-electron chi connectivity index (χ0n) is 11.8. The third-order valence-corrected chi connectivity index (χ3v) is 4.18. The van der Waals surface area contributed by atoms with E-state index < -0.39 is 0 Å². The third-order valence-electron chi connectivity index (χ3n) is 4.18. The Balaban J connectivity index is 1.58. The van der Waals surface area contributed by atoms with Gasteiger partial charge in [0.05, 0.1) is 6.04 Å². The molecule has 1 aliphatic carbocycles. The molecule has 0 bridgehead atoms. The lowest BCUT2D eigenvalue weighted by Gasteiger charge is -2.07. The molecule has 1 aromatic carbocycles.